The molecule has 0 amide bonds. The Balaban J connectivity index is 0.00000274. The number of nitrogens with zero attached hydrogens (tertiary/aromatic N) is 6. The van der Waals surface area contributed by atoms with Gasteiger partial charge in [0.15, 0.2) is 10.9 Å². The van der Waals surface area contributed by atoms with E-state index in [1.165, 1.54) is 6.20 Å². The number of anilines is 3. The Hall–Kier alpha value is -2.92. The Bertz CT molecular complexity index is 1260. The van der Waals surface area contributed by atoms with E-state index in [0.29, 0.717) is 17.3 Å². The van der Waals surface area contributed by atoms with Gasteiger partial charge in [-0.1, -0.05) is 23.5 Å². The fourth-order valence-corrected chi connectivity index (χ4v) is 4.64. The number of aromatic nitrogens is 4. The van der Waals surface area contributed by atoms with Gasteiger partial charge >= 0.3 is 0 Å². The van der Waals surface area contributed by atoms with Gasteiger partial charge in [0.05, 0.1) is 16.4 Å². The first-order valence-corrected chi connectivity index (χ1v) is 11.6. The molecule has 1 aliphatic rings. The number of halogens is 2. The van der Waals surface area contributed by atoms with E-state index >= 15 is 0 Å². The van der Waals surface area contributed by atoms with Crippen molar-refractivity contribution in [2.75, 3.05) is 50.5 Å². The summed E-state index contributed by atoms with van der Waals surface area (Å²) in [6.07, 6.45) is 3.04. The molecule has 178 valence electrons. The molecule has 0 saturated carbocycles. The Morgan fingerprint density at radius 1 is 1.09 bits per heavy atom. The molecule has 8 nitrogen and oxygen atoms in total. The van der Waals surface area contributed by atoms with Crippen LogP contribution >= 0.6 is 23.7 Å². The van der Waals surface area contributed by atoms with Crippen molar-refractivity contribution in [2.45, 2.75) is 6.54 Å². The minimum atomic E-state index is -0.475. The van der Waals surface area contributed by atoms with Gasteiger partial charge < -0.3 is 15.5 Å². The van der Waals surface area contributed by atoms with Crippen molar-refractivity contribution in [3.8, 4) is 11.3 Å². The number of rotatable bonds is 6. The molecule has 0 atom stereocenters. The zero-order chi connectivity index (χ0) is 22.8. The average molecular weight is 501 g/mol. The Morgan fingerprint density at radius 3 is 2.65 bits per heavy atom. The number of pyridine rings is 1. The van der Waals surface area contributed by atoms with Crippen molar-refractivity contribution in [1.82, 2.24) is 30.2 Å². The lowest BCUT2D eigenvalue weighted by Gasteiger charge is -2.27. The predicted octanol–water partition coefficient (Wildman–Crippen LogP) is 3.92. The van der Waals surface area contributed by atoms with Crippen molar-refractivity contribution in [3.63, 3.8) is 0 Å². The molecule has 0 radical (unpaired) electrons. The first-order chi connectivity index (χ1) is 16.0. The van der Waals surface area contributed by atoms with Gasteiger partial charge in [-0.15, -0.1) is 12.4 Å². The zero-order valence-electron chi connectivity index (χ0n) is 19.0. The molecule has 1 aromatic carbocycles. The molecule has 0 aliphatic carbocycles. The third-order valence-electron chi connectivity index (χ3n) is 5.46. The highest BCUT2D eigenvalue weighted by Crippen LogP contribution is 2.32. The van der Waals surface area contributed by atoms with E-state index in [-0.39, 0.29) is 18.1 Å². The van der Waals surface area contributed by atoms with Crippen molar-refractivity contribution in [2.24, 2.45) is 0 Å². The summed E-state index contributed by atoms with van der Waals surface area (Å²) < 4.78 is 15.6. The van der Waals surface area contributed by atoms with Crippen LogP contribution in [0.25, 0.3) is 21.5 Å². The largest absolute Gasteiger partial charge is 0.354 e. The molecule has 0 bridgehead atoms. The SMILES string of the molecule is CN(C)c1nc2ccc(-c3nc(Nc4ccc(CN5CCNCC5)cn4)ncc3F)cc2s1.Cl. The topological polar surface area (TPSA) is 82.1 Å². The van der Waals surface area contributed by atoms with Crippen LogP contribution in [-0.4, -0.2) is 65.1 Å². The van der Waals surface area contributed by atoms with Gasteiger partial charge in [0, 0.05) is 58.6 Å². The van der Waals surface area contributed by atoms with Crippen LogP contribution in [0.2, 0.25) is 0 Å². The van der Waals surface area contributed by atoms with Crippen LogP contribution in [0.5, 0.6) is 0 Å². The van der Waals surface area contributed by atoms with E-state index in [1.807, 2.05) is 55.5 Å². The second-order valence-corrected chi connectivity index (χ2v) is 9.18. The normalized spacial score (nSPS) is 14.1. The zero-order valence-corrected chi connectivity index (χ0v) is 20.6. The summed E-state index contributed by atoms with van der Waals surface area (Å²) in [5.74, 6) is 0.439. The molecule has 1 saturated heterocycles. The highest BCUT2D eigenvalue weighted by molar-refractivity contribution is 7.22. The maximum Gasteiger partial charge on any atom is 0.229 e. The Kier molecular flexibility index (Phi) is 7.52. The van der Waals surface area contributed by atoms with E-state index in [0.717, 1.165) is 53.6 Å². The van der Waals surface area contributed by atoms with Crippen molar-refractivity contribution >= 4 is 50.9 Å². The molecule has 34 heavy (non-hydrogen) atoms. The number of benzene rings is 1. The summed E-state index contributed by atoms with van der Waals surface area (Å²) in [7, 11) is 3.90. The fraction of sp³-hybridized carbons (Fsp3) is 0.304. The van der Waals surface area contributed by atoms with Crippen LogP contribution < -0.4 is 15.5 Å². The minimum absolute atomic E-state index is 0. The number of hydrogen-bond acceptors (Lipinski definition) is 9. The molecule has 3 aromatic heterocycles. The van der Waals surface area contributed by atoms with E-state index in [1.54, 1.807) is 11.3 Å². The minimum Gasteiger partial charge on any atom is -0.354 e. The summed E-state index contributed by atoms with van der Waals surface area (Å²) >= 11 is 1.56. The number of piperazine rings is 1. The van der Waals surface area contributed by atoms with Gasteiger partial charge in [-0.05, 0) is 23.8 Å². The van der Waals surface area contributed by atoms with Gasteiger partial charge in [-0.3, -0.25) is 4.90 Å². The van der Waals surface area contributed by atoms with Crippen LogP contribution in [0.15, 0.2) is 42.7 Å². The summed E-state index contributed by atoms with van der Waals surface area (Å²) in [5.41, 5.74) is 2.95. The van der Waals surface area contributed by atoms with Crippen LogP contribution in [0.3, 0.4) is 0 Å². The summed E-state index contributed by atoms with van der Waals surface area (Å²) in [6.45, 7) is 4.99. The lowest BCUT2D eigenvalue weighted by Crippen LogP contribution is -2.42. The monoisotopic (exact) mass is 500 g/mol. The van der Waals surface area contributed by atoms with Gasteiger partial charge in [0.1, 0.15) is 11.5 Å². The second kappa shape index (κ2) is 10.6. The molecule has 0 unspecified atom stereocenters. The highest BCUT2D eigenvalue weighted by Gasteiger charge is 2.14. The Morgan fingerprint density at radius 2 is 1.91 bits per heavy atom. The predicted molar refractivity (Wildman–Crippen MR) is 138 cm³/mol. The first-order valence-electron chi connectivity index (χ1n) is 10.8. The van der Waals surface area contributed by atoms with Crippen LogP contribution in [0, 0.1) is 5.82 Å². The summed E-state index contributed by atoms with van der Waals surface area (Å²) in [5, 5.41) is 7.35. The molecule has 1 aliphatic heterocycles. The van der Waals surface area contributed by atoms with Gasteiger partial charge in [-0.25, -0.2) is 24.3 Å². The van der Waals surface area contributed by atoms with Gasteiger partial charge in [0.25, 0.3) is 0 Å². The number of nitrogens with one attached hydrogen (secondary N) is 2. The van der Waals surface area contributed by atoms with Gasteiger partial charge in [0.2, 0.25) is 5.95 Å². The van der Waals surface area contributed by atoms with E-state index in [4.69, 9.17) is 0 Å². The molecule has 5 rings (SSSR count). The number of hydrogen-bond donors (Lipinski definition) is 2. The standard InChI is InChI=1S/C23H25FN8S.ClH/c1-31(2)23-28-18-5-4-16(11-19(18)33-23)21-17(24)13-27-22(30-21)29-20-6-3-15(12-26-20)14-32-9-7-25-8-10-32;/h3-6,11-13,25H,7-10,14H2,1-2H3,(H,26,27,29,30);1H. The van der Waals surface area contributed by atoms with E-state index in [2.05, 4.69) is 35.5 Å². The van der Waals surface area contributed by atoms with Crippen LogP contribution in [-0.2, 0) is 6.54 Å². The number of fused-ring (bicyclic) bond motifs is 1. The molecule has 4 heterocycles. The lowest BCUT2D eigenvalue weighted by molar-refractivity contribution is 0.233. The smallest absolute Gasteiger partial charge is 0.229 e. The third-order valence-corrected chi connectivity index (χ3v) is 6.64. The van der Waals surface area contributed by atoms with Crippen molar-refractivity contribution < 1.29 is 4.39 Å². The molecular weight excluding hydrogens is 475 g/mol. The van der Waals surface area contributed by atoms with Crippen LogP contribution in [0.1, 0.15) is 5.56 Å². The lowest BCUT2D eigenvalue weighted by atomic mass is 10.1. The van der Waals surface area contributed by atoms with Crippen LogP contribution in [0.4, 0.5) is 21.3 Å². The maximum absolute atomic E-state index is 14.6. The fourth-order valence-electron chi connectivity index (χ4n) is 3.71. The highest BCUT2D eigenvalue weighted by atomic mass is 35.5. The number of thiazole rings is 1. The van der Waals surface area contributed by atoms with E-state index < -0.39 is 5.82 Å². The van der Waals surface area contributed by atoms with Gasteiger partial charge in [-0.2, -0.15) is 0 Å². The molecule has 4 aromatic rings. The third kappa shape index (κ3) is 5.41. The Labute approximate surface area is 207 Å². The average Bonchev–Trinajstić information content (AvgIpc) is 3.26. The molecular formula is C23H26ClFN8S. The van der Waals surface area contributed by atoms with E-state index in [9.17, 15) is 4.39 Å². The maximum atomic E-state index is 14.6. The molecule has 1 fully saturated rings. The second-order valence-electron chi connectivity index (χ2n) is 8.17. The molecule has 0 spiro atoms. The quantitative estimate of drug-likeness (QED) is 0.412. The summed E-state index contributed by atoms with van der Waals surface area (Å²) in [4.78, 5) is 21.9. The molecule has 2 N–H and O–H groups in total. The van der Waals surface area contributed by atoms with Crippen molar-refractivity contribution in [1.29, 1.82) is 0 Å². The first kappa shape index (κ1) is 24.2. The summed E-state index contributed by atoms with van der Waals surface area (Å²) in [6, 6.07) is 9.58. The molecule has 11 heteroatoms. The van der Waals surface area contributed by atoms with Crippen molar-refractivity contribution in [3.05, 3.63) is 54.1 Å².